The van der Waals surface area contributed by atoms with Gasteiger partial charge in [-0.1, -0.05) is 0 Å². The molecule has 2 aromatic rings. The molecule has 0 atom stereocenters. The molecule has 172 valence electrons. The summed E-state index contributed by atoms with van der Waals surface area (Å²) in [5, 5.41) is 0.687. The summed E-state index contributed by atoms with van der Waals surface area (Å²) in [5.74, 6) is 1.74. The summed E-state index contributed by atoms with van der Waals surface area (Å²) in [7, 11) is 1.59. The number of amides is 1. The van der Waals surface area contributed by atoms with Crippen molar-refractivity contribution < 1.29 is 19.0 Å². The Morgan fingerprint density at radius 3 is 2.64 bits per heavy atom. The van der Waals surface area contributed by atoms with Crippen LogP contribution in [0.2, 0.25) is 0 Å². The van der Waals surface area contributed by atoms with E-state index < -0.39 is 0 Å². The monoisotopic (exact) mass is 465 g/mol. The third kappa shape index (κ3) is 4.39. The van der Waals surface area contributed by atoms with E-state index in [-0.39, 0.29) is 12.7 Å². The first-order chi connectivity index (χ1) is 16.2. The minimum atomic E-state index is -0.0529. The first-order valence-electron chi connectivity index (χ1n) is 11.3. The molecule has 0 saturated carbocycles. The number of methoxy groups -OCH3 is 1. The zero-order valence-corrected chi connectivity index (χ0v) is 19.7. The topological polar surface area (TPSA) is 63.6 Å². The molecule has 0 aromatic heterocycles. The third-order valence-corrected chi connectivity index (χ3v) is 6.99. The first kappa shape index (κ1) is 21.7. The molecule has 8 heteroatoms. The van der Waals surface area contributed by atoms with Gasteiger partial charge in [-0.25, -0.2) is 4.99 Å². The summed E-state index contributed by atoms with van der Waals surface area (Å²) >= 11 is 1.38. The van der Waals surface area contributed by atoms with Gasteiger partial charge in [0.05, 0.1) is 17.7 Å². The third-order valence-electron chi connectivity index (χ3n) is 5.98. The largest absolute Gasteiger partial charge is 0.493 e. The Morgan fingerprint density at radius 2 is 1.91 bits per heavy atom. The molecule has 2 fully saturated rings. The number of hydrogen-bond acceptors (Lipinski definition) is 7. The number of likely N-dealkylation sites (N-methyl/N-ethyl adjacent to an activating group) is 1. The number of benzene rings is 2. The van der Waals surface area contributed by atoms with E-state index in [0.29, 0.717) is 33.9 Å². The summed E-state index contributed by atoms with van der Waals surface area (Å²) in [6, 6.07) is 12.0. The van der Waals surface area contributed by atoms with Crippen molar-refractivity contribution in [1.82, 2.24) is 4.90 Å². The Bertz CT molecular complexity index is 1110. The number of nitrogens with zero attached hydrogens (tertiary/aromatic N) is 3. The number of aliphatic imine (C=N–C) groups is 1. The number of amidine groups is 1. The van der Waals surface area contributed by atoms with E-state index in [1.807, 2.05) is 37.3 Å². The molecule has 3 aliphatic rings. The fourth-order valence-electron chi connectivity index (χ4n) is 4.26. The van der Waals surface area contributed by atoms with Gasteiger partial charge in [0.1, 0.15) is 0 Å². The average molecular weight is 466 g/mol. The quantitative estimate of drug-likeness (QED) is 0.577. The van der Waals surface area contributed by atoms with Crippen LogP contribution in [0.25, 0.3) is 6.08 Å². The Hall–Kier alpha value is -3.13. The highest BCUT2D eigenvalue weighted by atomic mass is 32.2. The number of anilines is 1. The SMILES string of the molecule is CCN1C(=O)/C(=C/c2cc(OC)c3c(c2)OCO3)SC1=Nc1ccc(N2CCCCC2)cc1. The van der Waals surface area contributed by atoms with Crippen LogP contribution in [-0.2, 0) is 4.79 Å². The highest BCUT2D eigenvalue weighted by molar-refractivity contribution is 8.18. The summed E-state index contributed by atoms with van der Waals surface area (Å²) in [4.78, 5) is 22.6. The van der Waals surface area contributed by atoms with Crippen LogP contribution in [0.4, 0.5) is 11.4 Å². The van der Waals surface area contributed by atoms with E-state index >= 15 is 0 Å². The van der Waals surface area contributed by atoms with E-state index in [4.69, 9.17) is 19.2 Å². The molecule has 3 aliphatic heterocycles. The number of thioether (sulfide) groups is 1. The van der Waals surface area contributed by atoms with E-state index in [0.717, 1.165) is 24.3 Å². The second-order valence-corrected chi connectivity index (χ2v) is 9.08. The maximum absolute atomic E-state index is 13.1. The van der Waals surface area contributed by atoms with Crippen molar-refractivity contribution in [2.45, 2.75) is 26.2 Å². The molecule has 0 aliphatic carbocycles. The molecule has 0 spiro atoms. The molecule has 2 aromatic carbocycles. The molecule has 33 heavy (non-hydrogen) atoms. The Labute approximate surface area is 198 Å². The highest BCUT2D eigenvalue weighted by Gasteiger charge is 2.32. The van der Waals surface area contributed by atoms with E-state index in [9.17, 15) is 4.79 Å². The van der Waals surface area contributed by atoms with Gasteiger partial charge in [-0.05, 0) is 86.0 Å². The summed E-state index contributed by atoms with van der Waals surface area (Å²) in [6.07, 6.45) is 5.66. The number of piperidine rings is 1. The molecule has 0 radical (unpaired) electrons. The lowest BCUT2D eigenvalue weighted by molar-refractivity contribution is -0.122. The summed E-state index contributed by atoms with van der Waals surface area (Å²) < 4.78 is 16.4. The summed E-state index contributed by atoms with van der Waals surface area (Å²) in [6.45, 7) is 4.90. The number of hydrogen-bond donors (Lipinski definition) is 0. The van der Waals surface area contributed by atoms with Gasteiger partial charge < -0.3 is 19.1 Å². The zero-order chi connectivity index (χ0) is 22.8. The van der Waals surface area contributed by atoms with Crippen molar-refractivity contribution in [2.24, 2.45) is 4.99 Å². The molecule has 3 heterocycles. The van der Waals surface area contributed by atoms with E-state index in [1.165, 1.54) is 36.7 Å². The highest BCUT2D eigenvalue weighted by Crippen LogP contribution is 2.43. The van der Waals surface area contributed by atoms with Crippen LogP contribution in [0.15, 0.2) is 46.3 Å². The molecule has 5 rings (SSSR count). The van der Waals surface area contributed by atoms with Crippen LogP contribution in [0.3, 0.4) is 0 Å². The van der Waals surface area contributed by atoms with Gasteiger partial charge in [0.2, 0.25) is 12.5 Å². The van der Waals surface area contributed by atoms with Gasteiger partial charge in [0.25, 0.3) is 5.91 Å². The van der Waals surface area contributed by atoms with Crippen LogP contribution >= 0.6 is 11.8 Å². The standard InChI is InChI=1S/C25H27N3O4S/c1-3-28-24(29)22(15-17-13-20(30-2)23-21(14-17)31-16-32-23)33-25(28)26-18-7-9-19(10-8-18)27-11-5-4-6-12-27/h7-10,13-15H,3-6,11-12,16H2,1-2H3/b22-15-,26-25?. The maximum atomic E-state index is 13.1. The molecule has 1 amide bonds. The van der Waals surface area contributed by atoms with Gasteiger partial charge in [-0.15, -0.1) is 0 Å². The molecule has 2 saturated heterocycles. The predicted octanol–water partition coefficient (Wildman–Crippen LogP) is 5.04. The minimum absolute atomic E-state index is 0.0529. The lowest BCUT2D eigenvalue weighted by Gasteiger charge is -2.28. The number of ether oxygens (including phenoxy) is 3. The number of carbonyl (C=O) groups excluding carboxylic acids is 1. The normalized spacial score (nSPS) is 20.2. The molecular formula is C25H27N3O4S. The van der Waals surface area contributed by atoms with Crippen LogP contribution < -0.4 is 19.1 Å². The predicted molar refractivity (Wildman–Crippen MR) is 132 cm³/mol. The minimum Gasteiger partial charge on any atom is -0.493 e. The van der Waals surface area contributed by atoms with Crippen LogP contribution in [0, 0.1) is 0 Å². The van der Waals surface area contributed by atoms with E-state index in [2.05, 4.69) is 17.0 Å². The Morgan fingerprint density at radius 1 is 1.12 bits per heavy atom. The number of fused-ring (bicyclic) bond motifs is 1. The van der Waals surface area contributed by atoms with Crippen molar-refractivity contribution in [1.29, 1.82) is 0 Å². The molecule has 0 N–H and O–H groups in total. The average Bonchev–Trinajstić information content (AvgIpc) is 3.44. The lowest BCUT2D eigenvalue weighted by atomic mass is 10.1. The summed E-state index contributed by atoms with van der Waals surface area (Å²) in [5.41, 5.74) is 2.89. The number of carbonyl (C=O) groups is 1. The number of rotatable bonds is 5. The van der Waals surface area contributed by atoms with Crippen LogP contribution in [0.5, 0.6) is 17.2 Å². The molecule has 0 unspecified atom stereocenters. The van der Waals surface area contributed by atoms with Gasteiger partial charge >= 0.3 is 0 Å². The maximum Gasteiger partial charge on any atom is 0.266 e. The Balaban J connectivity index is 1.39. The smallest absolute Gasteiger partial charge is 0.266 e. The van der Waals surface area contributed by atoms with E-state index in [1.54, 1.807) is 12.0 Å². The van der Waals surface area contributed by atoms with Crippen molar-refractivity contribution in [3.8, 4) is 17.2 Å². The van der Waals surface area contributed by atoms with Crippen molar-refractivity contribution in [3.05, 3.63) is 46.9 Å². The molecule has 7 nitrogen and oxygen atoms in total. The fourth-order valence-corrected chi connectivity index (χ4v) is 5.32. The molecule has 0 bridgehead atoms. The van der Waals surface area contributed by atoms with Crippen molar-refractivity contribution >= 4 is 40.3 Å². The first-order valence-corrected chi connectivity index (χ1v) is 12.1. The van der Waals surface area contributed by atoms with Crippen LogP contribution in [0.1, 0.15) is 31.7 Å². The fraction of sp³-hybridized carbons (Fsp3) is 0.360. The van der Waals surface area contributed by atoms with Crippen LogP contribution in [-0.4, -0.2) is 49.5 Å². The van der Waals surface area contributed by atoms with Crippen molar-refractivity contribution in [2.75, 3.05) is 38.4 Å². The molecular weight excluding hydrogens is 438 g/mol. The second-order valence-electron chi connectivity index (χ2n) is 8.08. The van der Waals surface area contributed by atoms with Gasteiger partial charge in [-0.3, -0.25) is 9.69 Å². The van der Waals surface area contributed by atoms with Crippen molar-refractivity contribution in [3.63, 3.8) is 0 Å². The van der Waals surface area contributed by atoms with Gasteiger partial charge in [0.15, 0.2) is 16.7 Å². The lowest BCUT2D eigenvalue weighted by Crippen LogP contribution is -2.29. The Kier molecular flexibility index (Phi) is 6.17. The van der Waals surface area contributed by atoms with Gasteiger partial charge in [0, 0.05) is 25.3 Å². The van der Waals surface area contributed by atoms with Gasteiger partial charge in [-0.2, -0.15) is 0 Å². The zero-order valence-electron chi connectivity index (χ0n) is 18.9. The second kappa shape index (κ2) is 9.39.